The quantitative estimate of drug-likeness (QED) is 0.350. The molecule has 10 nitrogen and oxygen atoms in total. The summed E-state index contributed by atoms with van der Waals surface area (Å²) in [5, 5.41) is 26.1. The van der Waals surface area contributed by atoms with Crippen molar-refractivity contribution in [2.24, 2.45) is 0 Å². The van der Waals surface area contributed by atoms with E-state index < -0.39 is 0 Å². The van der Waals surface area contributed by atoms with Crippen LogP contribution in [0.15, 0.2) is 42.5 Å². The van der Waals surface area contributed by atoms with Crippen LogP contribution >= 0.6 is 0 Å². The molecule has 0 bridgehead atoms. The molecule has 0 radical (unpaired) electrons. The number of rotatable bonds is 8. The molecule has 0 fully saturated rings. The van der Waals surface area contributed by atoms with E-state index in [0.29, 0.717) is 47.0 Å². The molecule has 4 N–H and O–H groups in total. The molecule has 4 rings (SSSR count). The van der Waals surface area contributed by atoms with Crippen molar-refractivity contribution in [1.82, 2.24) is 35.9 Å². The van der Waals surface area contributed by atoms with E-state index in [9.17, 15) is 9.90 Å². The van der Waals surface area contributed by atoms with Crippen molar-refractivity contribution in [2.45, 2.75) is 32.6 Å². The van der Waals surface area contributed by atoms with Gasteiger partial charge in [-0.2, -0.15) is 5.21 Å². The predicted molar refractivity (Wildman–Crippen MR) is 107 cm³/mol. The van der Waals surface area contributed by atoms with E-state index in [1.807, 2.05) is 37.3 Å². The SMILES string of the molecule is CCC(Oc1cccc(CNC(=O)c2cccc3[nH]c(CO)nc23)c1)c1nn[nH]n1. The van der Waals surface area contributed by atoms with E-state index in [1.165, 1.54) is 0 Å². The van der Waals surface area contributed by atoms with Crippen molar-refractivity contribution in [3.63, 3.8) is 0 Å². The minimum atomic E-state index is -0.313. The minimum absolute atomic E-state index is 0.217. The smallest absolute Gasteiger partial charge is 0.253 e. The average Bonchev–Trinajstić information content (AvgIpc) is 3.45. The minimum Gasteiger partial charge on any atom is -0.482 e. The highest BCUT2D eigenvalue weighted by molar-refractivity contribution is 6.04. The number of tetrazole rings is 1. The first-order chi connectivity index (χ1) is 14.7. The van der Waals surface area contributed by atoms with E-state index in [2.05, 4.69) is 35.9 Å². The van der Waals surface area contributed by atoms with E-state index in [-0.39, 0.29) is 18.6 Å². The van der Waals surface area contributed by atoms with Crippen LogP contribution in [0.25, 0.3) is 11.0 Å². The van der Waals surface area contributed by atoms with Gasteiger partial charge in [-0.3, -0.25) is 4.79 Å². The summed E-state index contributed by atoms with van der Waals surface area (Å²) in [6, 6.07) is 12.8. The highest BCUT2D eigenvalue weighted by Crippen LogP contribution is 2.23. The summed E-state index contributed by atoms with van der Waals surface area (Å²) >= 11 is 0. The molecule has 1 unspecified atom stereocenters. The van der Waals surface area contributed by atoms with Crippen LogP contribution in [0.3, 0.4) is 0 Å². The fraction of sp³-hybridized carbons (Fsp3) is 0.250. The summed E-state index contributed by atoms with van der Waals surface area (Å²) in [7, 11) is 0. The molecule has 30 heavy (non-hydrogen) atoms. The lowest BCUT2D eigenvalue weighted by Gasteiger charge is -2.15. The number of carbonyl (C=O) groups excluding carboxylic acids is 1. The zero-order valence-electron chi connectivity index (χ0n) is 16.3. The Bertz CT molecular complexity index is 1140. The van der Waals surface area contributed by atoms with E-state index in [0.717, 1.165) is 5.56 Å². The second-order valence-corrected chi connectivity index (χ2v) is 6.66. The number of carbonyl (C=O) groups is 1. The van der Waals surface area contributed by atoms with Gasteiger partial charge in [-0.25, -0.2) is 4.98 Å². The van der Waals surface area contributed by atoms with Gasteiger partial charge in [0.1, 0.15) is 23.7 Å². The summed E-state index contributed by atoms with van der Waals surface area (Å²) in [5.74, 6) is 1.31. The van der Waals surface area contributed by atoms with Gasteiger partial charge in [-0.1, -0.05) is 30.3 Å². The number of hydrogen-bond donors (Lipinski definition) is 4. The standard InChI is InChI=1S/C20H21N7O3/c1-2-16(19-24-26-27-25-19)30-13-6-3-5-12(9-13)10-21-20(29)14-7-4-8-15-18(14)23-17(11-28)22-15/h3-9,16,28H,2,10-11H2,1H3,(H,21,29)(H,22,23)(H,24,25,26,27). The number of hydrogen-bond acceptors (Lipinski definition) is 7. The molecule has 2 aromatic carbocycles. The van der Waals surface area contributed by atoms with Crippen molar-refractivity contribution >= 4 is 16.9 Å². The van der Waals surface area contributed by atoms with Gasteiger partial charge in [0, 0.05) is 6.54 Å². The molecule has 0 aliphatic heterocycles. The molecule has 10 heteroatoms. The maximum atomic E-state index is 12.7. The van der Waals surface area contributed by atoms with Crippen LogP contribution in [-0.4, -0.2) is 41.6 Å². The number of imidazole rings is 1. The number of nitrogens with zero attached hydrogens (tertiary/aromatic N) is 4. The Morgan fingerprint density at radius 2 is 2.13 bits per heavy atom. The molecule has 154 valence electrons. The van der Waals surface area contributed by atoms with Crippen LogP contribution in [0.2, 0.25) is 0 Å². The van der Waals surface area contributed by atoms with Crippen LogP contribution in [0.4, 0.5) is 0 Å². The number of aliphatic hydroxyl groups is 1. The number of nitrogens with one attached hydrogen (secondary N) is 3. The lowest BCUT2D eigenvalue weighted by molar-refractivity contribution is 0.0952. The Hall–Kier alpha value is -3.79. The molecular formula is C20H21N7O3. The maximum absolute atomic E-state index is 12.7. The maximum Gasteiger partial charge on any atom is 0.253 e. The highest BCUT2D eigenvalue weighted by atomic mass is 16.5. The Kier molecular flexibility index (Phi) is 5.66. The van der Waals surface area contributed by atoms with Gasteiger partial charge < -0.3 is 20.1 Å². The summed E-state index contributed by atoms with van der Waals surface area (Å²) in [6.07, 6.45) is 0.371. The van der Waals surface area contributed by atoms with E-state index >= 15 is 0 Å². The Balaban J connectivity index is 1.45. The van der Waals surface area contributed by atoms with Crippen molar-refractivity contribution in [3.05, 3.63) is 65.2 Å². The third-order valence-corrected chi connectivity index (χ3v) is 4.61. The van der Waals surface area contributed by atoms with Crippen LogP contribution in [0.1, 0.15) is 47.0 Å². The number of H-pyrrole nitrogens is 2. The monoisotopic (exact) mass is 407 g/mol. The topological polar surface area (TPSA) is 142 Å². The van der Waals surface area contributed by atoms with Crippen molar-refractivity contribution < 1.29 is 14.6 Å². The number of para-hydroxylation sites is 1. The van der Waals surface area contributed by atoms with Gasteiger partial charge in [-0.15, -0.1) is 10.2 Å². The molecule has 4 aromatic rings. The third-order valence-electron chi connectivity index (χ3n) is 4.61. The molecule has 0 spiro atoms. The van der Waals surface area contributed by atoms with Gasteiger partial charge in [0.05, 0.1) is 11.1 Å². The van der Waals surface area contributed by atoms with Crippen molar-refractivity contribution in [2.75, 3.05) is 0 Å². The summed E-state index contributed by atoms with van der Waals surface area (Å²) in [5.41, 5.74) is 2.56. The van der Waals surface area contributed by atoms with Crippen LogP contribution in [0.5, 0.6) is 5.75 Å². The molecule has 0 aliphatic carbocycles. The zero-order chi connectivity index (χ0) is 20.9. The first-order valence-electron chi connectivity index (χ1n) is 9.53. The van der Waals surface area contributed by atoms with Crippen LogP contribution in [0, 0.1) is 0 Å². The average molecular weight is 407 g/mol. The number of amides is 1. The molecule has 2 heterocycles. The van der Waals surface area contributed by atoms with Crippen molar-refractivity contribution in [3.8, 4) is 5.75 Å². The summed E-state index contributed by atoms with van der Waals surface area (Å²) in [4.78, 5) is 20.0. The number of aromatic amines is 2. The summed E-state index contributed by atoms with van der Waals surface area (Å²) in [6.45, 7) is 2.08. The molecular weight excluding hydrogens is 386 g/mol. The first-order valence-corrected chi connectivity index (χ1v) is 9.53. The number of aromatic nitrogens is 6. The normalized spacial score (nSPS) is 12.1. The fourth-order valence-electron chi connectivity index (χ4n) is 3.14. The number of benzene rings is 2. The van der Waals surface area contributed by atoms with Crippen LogP contribution < -0.4 is 10.1 Å². The lowest BCUT2D eigenvalue weighted by atomic mass is 10.1. The van der Waals surface area contributed by atoms with Crippen molar-refractivity contribution in [1.29, 1.82) is 0 Å². The molecule has 2 aromatic heterocycles. The number of fused-ring (bicyclic) bond motifs is 1. The second kappa shape index (κ2) is 8.70. The largest absolute Gasteiger partial charge is 0.482 e. The number of ether oxygens (including phenoxy) is 1. The van der Waals surface area contributed by atoms with E-state index in [4.69, 9.17) is 4.74 Å². The van der Waals surface area contributed by atoms with Gasteiger partial charge in [-0.05, 0) is 36.2 Å². The number of aliphatic hydroxyl groups excluding tert-OH is 1. The third kappa shape index (κ3) is 4.13. The molecule has 1 atom stereocenters. The van der Waals surface area contributed by atoms with Gasteiger partial charge in [0.2, 0.25) is 5.82 Å². The Morgan fingerprint density at radius 1 is 1.27 bits per heavy atom. The van der Waals surface area contributed by atoms with Gasteiger partial charge in [0.25, 0.3) is 5.91 Å². The fourth-order valence-corrected chi connectivity index (χ4v) is 3.14. The Labute approximate surface area is 171 Å². The molecule has 0 saturated heterocycles. The molecule has 0 saturated carbocycles. The van der Waals surface area contributed by atoms with Gasteiger partial charge in [0.15, 0.2) is 6.10 Å². The second-order valence-electron chi connectivity index (χ2n) is 6.66. The highest BCUT2D eigenvalue weighted by Gasteiger charge is 2.17. The van der Waals surface area contributed by atoms with Crippen LogP contribution in [-0.2, 0) is 13.2 Å². The summed E-state index contributed by atoms with van der Waals surface area (Å²) < 4.78 is 5.98. The van der Waals surface area contributed by atoms with E-state index in [1.54, 1.807) is 12.1 Å². The zero-order valence-corrected chi connectivity index (χ0v) is 16.3. The first kappa shape index (κ1) is 19.5. The lowest BCUT2D eigenvalue weighted by Crippen LogP contribution is -2.23. The molecule has 1 amide bonds. The molecule has 0 aliphatic rings. The predicted octanol–water partition coefficient (Wildman–Crippen LogP) is 2.03. The Morgan fingerprint density at radius 3 is 2.90 bits per heavy atom. The van der Waals surface area contributed by atoms with Gasteiger partial charge >= 0.3 is 0 Å².